The minimum atomic E-state index is -0.0833. The highest BCUT2D eigenvalue weighted by Crippen LogP contribution is 2.51. The highest BCUT2D eigenvalue weighted by molar-refractivity contribution is 6.21. The Bertz CT molecular complexity index is 2370. The lowest BCUT2D eigenvalue weighted by Crippen LogP contribution is -2.14. The lowest BCUT2D eigenvalue weighted by atomic mass is 9.80. The predicted molar refractivity (Wildman–Crippen MR) is 194 cm³/mol. The number of aromatic nitrogens is 3. The molecule has 8 aromatic rings. The molecule has 0 saturated heterocycles. The van der Waals surface area contributed by atoms with Crippen LogP contribution < -0.4 is 0 Å². The third kappa shape index (κ3) is 4.31. The Morgan fingerprint density at radius 1 is 0.362 bits per heavy atom. The van der Waals surface area contributed by atoms with Crippen molar-refractivity contribution in [3.63, 3.8) is 0 Å². The summed E-state index contributed by atoms with van der Waals surface area (Å²) in [5.41, 5.74) is 10.7. The third-order valence-corrected chi connectivity index (χ3v) is 9.73. The van der Waals surface area contributed by atoms with Gasteiger partial charge in [-0.15, -0.1) is 0 Å². The van der Waals surface area contributed by atoms with Gasteiger partial charge >= 0.3 is 0 Å². The van der Waals surface area contributed by atoms with Crippen LogP contribution in [0.1, 0.15) is 25.0 Å². The molecule has 3 heteroatoms. The minimum absolute atomic E-state index is 0.0833. The SMILES string of the molecule is CC1(C)c2ccccc2-c2ccc(-c3c4ccccc4c(-c4nc(-c5ccccc5)nc(-c5ccccc5)n4)c4ccccc34)cc21. The summed E-state index contributed by atoms with van der Waals surface area (Å²) < 4.78 is 0. The van der Waals surface area contributed by atoms with Crippen molar-refractivity contribution in [1.29, 1.82) is 0 Å². The Hall–Kier alpha value is -5.93. The Morgan fingerprint density at radius 2 is 0.809 bits per heavy atom. The number of hydrogen-bond donors (Lipinski definition) is 0. The fraction of sp³-hybridized carbons (Fsp3) is 0.0682. The van der Waals surface area contributed by atoms with E-state index < -0.39 is 0 Å². The smallest absolute Gasteiger partial charge is 0.165 e. The number of hydrogen-bond acceptors (Lipinski definition) is 3. The summed E-state index contributed by atoms with van der Waals surface area (Å²) in [4.78, 5) is 15.3. The molecule has 0 saturated carbocycles. The van der Waals surface area contributed by atoms with Gasteiger partial charge in [-0.1, -0.05) is 159 Å². The zero-order chi connectivity index (χ0) is 31.5. The molecule has 7 aromatic carbocycles. The minimum Gasteiger partial charge on any atom is -0.208 e. The molecule has 1 heterocycles. The van der Waals surface area contributed by atoms with Crippen molar-refractivity contribution in [2.24, 2.45) is 0 Å². The fourth-order valence-electron chi connectivity index (χ4n) is 7.46. The lowest BCUT2D eigenvalue weighted by molar-refractivity contribution is 0.660. The van der Waals surface area contributed by atoms with Gasteiger partial charge in [0.1, 0.15) is 0 Å². The van der Waals surface area contributed by atoms with E-state index in [9.17, 15) is 0 Å². The van der Waals surface area contributed by atoms with E-state index in [4.69, 9.17) is 15.0 Å². The maximum Gasteiger partial charge on any atom is 0.165 e. The van der Waals surface area contributed by atoms with Gasteiger partial charge in [0, 0.05) is 22.1 Å². The van der Waals surface area contributed by atoms with Crippen LogP contribution in [0.15, 0.2) is 152 Å². The predicted octanol–water partition coefficient (Wildman–Crippen LogP) is 11.2. The topological polar surface area (TPSA) is 38.7 Å². The van der Waals surface area contributed by atoms with Gasteiger partial charge in [-0.05, 0) is 61.0 Å². The molecule has 1 aliphatic carbocycles. The van der Waals surface area contributed by atoms with Gasteiger partial charge in [0.15, 0.2) is 17.5 Å². The second-order valence-corrected chi connectivity index (χ2v) is 12.8. The van der Waals surface area contributed by atoms with E-state index in [1.165, 1.54) is 44.2 Å². The molecule has 0 bridgehead atoms. The summed E-state index contributed by atoms with van der Waals surface area (Å²) >= 11 is 0. The molecule has 9 rings (SSSR count). The molecule has 0 atom stereocenters. The Kier molecular flexibility index (Phi) is 6.16. The first-order valence-corrected chi connectivity index (χ1v) is 16.1. The Labute approximate surface area is 274 Å². The van der Waals surface area contributed by atoms with E-state index in [1.807, 2.05) is 36.4 Å². The van der Waals surface area contributed by atoms with Crippen LogP contribution in [0.3, 0.4) is 0 Å². The number of nitrogens with zero attached hydrogens (tertiary/aromatic N) is 3. The summed E-state index contributed by atoms with van der Waals surface area (Å²) in [6.45, 7) is 4.69. The molecule has 0 unspecified atom stereocenters. The van der Waals surface area contributed by atoms with Crippen LogP contribution in [0.2, 0.25) is 0 Å². The zero-order valence-corrected chi connectivity index (χ0v) is 26.3. The molecule has 222 valence electrons. The van der Waals surface area contributed by atoms with Crippen molar-refractivity contribution in [1.82, 2.24) is 15.0 Å². The maximum absolute atomic E-state index is 5.17. The summed E-state index contributed by atoms with van der Waals surface area (Å²) in [7, 11) is 0. The molecule has 3 nitrogen and oxygen atoms in total. The molecule has 47 heavy (non-hydrogen) atoms. The van der Waals surface area contributed by atoms with Gasteiger partial charge in [-0.2, -0.15) is 0 Å². The molecular formula is C44H31N3. The highest BCUT2D eigenvalue weighted by Gasteiger charge is 2.35. The Balaban J connectivity index is 1.33. The van der Waals surface area contributed by atoms with E-state index in [2.05, 4.69) is 129 Å². The van der Waals surface area contributed by atoms with Crippen molar-refractivity contribution in [3.8, 4) is 56.4 Å². The van der Waals surface area contributed by atoms with Crippen LogP contribution in [0.5, 0.6) is 0 Å². The van der Waals surface area contributed by atoms with Crippen molar-refractivity contribution in [2.75, 3.05) is 0 Å². The molecule has 1 aliphatic rings. The summed E-state index contributed by atoms with van der Waals surface area (Å²) in [6, 6.07) is 53.6. The summed E-state index contributed by atoms with van der Waals surface area (Å²) in [5.74, 6) is 1.99. The van der Waals surface area contributed by atoms with Gasteiger partial charge in [-0.3, -0.25) is 0 Å². The standard InChI is InChI=1S/C44H31N3/c1-44(2)37-24-14-13-19-31(37)32-26-25-30(27-38(32)44)39-33-20-9-11-22-35(33)40(36-23-12-10-21-34(36)39)43-46-41(28-15-5-3-6-16-28)45-42(47-43)29-17-7-4-8-18-29/h3-27H,1-2H3. The van der Waals surface area contributed by atoms with E-state index >= 15 is 0 Å². The van der Waals surface area contributed by atoms with E-state index in [0.29, 0.717) is 17.5 Å². The second-order valence-electron chi connectivity index (χ2n) is 12.8. The molecule has 0 N–H and O–H groups in total. The first-order chi connectivity index (χ1) is 23.1. The first-order valence-electron chi connectivity index (χ1n) is 16.1. The van der Waals surface area contributed by atoms with Crippen LogP contribution in [0.25, 0.3) is 78.0 Å². The normalized spacial score (nSPS) is 13.1. The van der Waals surface area contributed by atoms with Gasteiger partial charge in [0.2, 0.25) is 0 Å². The molecular weight excluding hydrogens is 571 g/mol. The molecule has 0 aliphatic heterocycles. The van der Waals surface area contributed by atoms with Crippen LogP contribution >= 0.6 is 0 Å². The van der Waals surface area contributed by atoms with Crippen molar-refractivity contribution >= 4 is 21.5 Å². The van der Waals surface area contributed by atoms with Crippen LogP contribution in [-0.4, -0.2) is 15.0 Å². The molecule has 0 fully saturated rings. The zero-order valence-electron chi connectivity index (χ0n) is 26.3. The summed E-state index contributed by atoms with van der Waals surface area (Å²) in [5, 5.41) is 4.59. The fourth-order valence-corrected chi connectivity index (χ4v) is 7.46. The molecule has 0 spiro atoms. The van der Waals surface area contributed by atoms with Gasteiger partial charge in [-0.25, -0.2) is 15.0 Å². The average molecular weight is 602 g/mol. The van der Waals surface area contributed by atoms with Crippen molar-refractivity contribution in [2.45, 2.75) is 19.3 Å². The van der Waals surface area contributed by atoms with Crippen molar-refractivity contribution in [3.05, 3.63) is 163 Å². The van der Waals surface area contributed by atoms with E-state index in [0.717, 1.165) is 27.5 Å². The van der Waals surface area contributed by atoms with Crippen molar-refractivity contribution < 1.29 is 0 Å². The van der Waals surface area contributed by atoms with Gasteiger partial charge < -0.3 is 0 Å². The number of benzene rings is 7. The highest BCUT2D eigenvalue weighted by atomic mass is 15.0. The van der Waals surface area contributed by atoms with Crippen LogP contribution in [0, 0.1) is 0 Å². The van der Waals surface area contributed by atoms with E-state index in [1.54, 1.807) is 0 Å². The lowest BCUT2D eigenvalue weighted by Gasteiger charge is -2.23. The molecule has 0 radical (unpaired) electrons. The number of rotatable bonds is 4. The summed E-state index contributed by atoms with van der Waals surface area (Å²) in [6.07, 6.45) is 0. The average Bonchev–Trinajstić information content (AvgIpc) is 3.36. The Morgan fingerprint density at radius 3 is 1.38 bits per heavy atom. The second kappa shape index (κ2) is 10.6. The van der Waals surface area contributed by atoms with Gasteiger partial charge in [0.05, 0.1) is 0 Å². The maximum atomic E-state index is 5.17. The van der Waals surface area contributed by atoms with E-state index in [-0.39, 0.29) is 5.41 Å². The number of fused-ring (bicyclic) bond motifs is 5. The first kappa shape index (κ1) is 27.4. The van der Waals surface area contributed by atoms with Crippen LogP contribution in [0.4, 0.5) is 0 Å². The monoisotopic (exact) mass is 601 g/mol. The molecule has 1 aromatic heterocycles. The largest absolute Gasteiger partial charge is 0.208 e. The van der Waals surface area contributed by atoms with Crippen LogP contribution in [-0.2, 0) is 5.41 Å². The quantitative estimate of drug-likeness (QED) is 0.188. The van der Waals surface area contributed by atoms with Gasteiger partial charge in [0.25, 0.3) is 0 Å². The molecule has 0 amide bonds. The third-order valence-electron chi connectivity index (χ3n) is 9.73.